The van der Waals surface area contributed by atoms with E-state index >= 15 is 0 Å². The third-order valence-corrected chi connectivity index (χ3v) is 5.14. The number of carbonyl (C=O) groups is 3. The smallest absolute Gasteiger partial charge is 0.326 e. The van der Waals surface area contributed by atoms with Gasteiger partial charge in [-0.1, -0.05) is 24.3 Å². The Bertz CT molecular complexity index is 903. The first-order valence-corrected chi connectivity index (χ1v) is 9.04. The molecule has 2 aromatic rings. The van der Waals surface area contributed by atoms with Crippen molar-refractivity contribution in [3.8, 4) is 0 Å². The van der Waals surface area contributed by atoms with E-state index in [4.69, 9.17) is 0 Å². The summed E-state index contributed by atoms with van der Waals surface area (Å²) in [6.07, 6.45) is 2.15. The maximum Gasteiger partial charge on any atom is 0.326 e. The summed E-state index contributed by atoms with van der Waals surface area (Å²) in [7, 11) is 0. The Kier molecular flexibility index (Phi) is 4.39. The van der Waals surface area contributed by atoms with Gasteiger partial charge in [0.15, 0.2) is 0 Å². The van der Waals surface area contributed by atoms with Crippen LogP contribution in [0.25, 0.3) is 0 Å². The first-order valence-electron chi connectivity index (χ1n) is 9.04. The van der Waals surface area contributed by atoms with Gasteiger partial charge >= 0.3 is 5.97 Å². The number of hydrogen-bond acceptors (Lipinski definition) is 3. The van der Waals surface area contributed by atoms with E-state index in [1.807, 2.05) is 24.3 Å². The van der Waals surface area contributed by atoms with Gasteiger partial charge in [0.1, 0.15) is 6.04 Å². The molecule has 0 aromatic heterocycles. The zero-order chi connectivity index (χ0) is 19.0. The van der Waals surface area contributed by atoms with Gasteiger partial charge in [0, 0.05) is 30.1 Å². The van der Waals surface area contributed by atoms with Crippen molar-refractivity contribution in [2.75, 3.05) is 5.32 Å². The highest BCUT2D eigenvalue weighted by Gasteiger charge is 2.35. The van der Waals surface area contributed by atoms with Crippen molar-refractivity contribution in [2.24, 2.45) is 5.92 Å². The Morgan fingerprint density at radius 3 is 2.26 bits per heavy atom. The minimum Gasteiger partial charge on any atom is -0.480 e. The molecule has 2 aromatic carbocycles. The monoisotopic (exact) mass is 364 g/mol. The lowest BCUT2D eigenvalue weighted by Crippen LogP contribution is -2.48. The topological polar surface area (TPSA) is 86.7 Å². The van der Waals surface area contributed by atoms with E-state index in [9.17, 15) is 19.5 Å². The van der Waals surface area contributed by atoms with Crippen LogP contribution in [0.2, 0.25) is 0 Å². The number of rotatable bonds is 4. The van der Waals surface area contributed by atoms with E-state index in [1.54, 1.807) is 24.3 Å². The molecule has 4 rings (SSSR count). The molecule has 0 saturated heterocycles. The molecule has 6 nitrogen and oxygen atoms in total. The summed E-state index contributed by atoms with van der Waals surface area (Å²) in [4.78, 5) is 37.9. The van der Waals surface area contributed by atoms with E-state index in [-0.39, 0.29) is 24.3 Å². The van der Waals surface area contributed by atoms with Gasteiger partial charge in [0.2, 0.25) is 5.91 Å². The van der Waals surface area contributed by atoms with Crippen molar-refractivity contribution in [3.05, 3.63) is 65.2 Å². The quantitative estimate of drug-likeness (QED) is 0.873. The van der Waals surface area contributed by atoms with Gasteiger partial charge in [-0.05, 0) is 48.2 Å². The number of aliphatic carboxylic acids is 1. The fraction of sp³-hybridized carbons (Fsp3) is 0.286. The number of carboxylic acid groups (broad SMARTS) is 1. The maximum atomic E-state index is 13.0. The maximum absolute atomic E-state index is 13.0. The van der Waals surface area contributed by atoms with Crippen molar-refractivity contribution in [2.45, 2.75) is 31.8 Å². The highest BCUT2D eigenvalue weighted by molar-refractivity contribution is 5.98. The molecule has 2 N–H and O–H groups in total. The molecule has 1 saturated carbocycles. The molecule has 0 spiro atoms. The van der Waals surface area contributed by atoms with Crippen LogP contribution in [0.15, 0.2) is 48.5 Å². The zero-order valence-electron chi connectivity index (χ0n) is 14.7. The first-order chi connectivity index (χ1) is 13.0. The zero-order valence-corrected chi connectivity index (χ0v) is 14.7. The van der Waals surface area contributed by atoms with E-state index in [0.717, 1.165) is 24.0 Å². The predicted octanol–water partition coefficient (Wildman–Crippen LogP) is 2.69. The largest absolute Gasteiger partial charge is 0.480 e. The van der Waals surface area contributed by atoms with Crippen molar-refractivity contribution in [3.63, 3.8) is 0 Å². The Morgan fingerprint density at radius 2 is 1.63 bits per heavy atom. The third kappa shape index (κ3) is 3.56. The van der Waals surface area contributed by atoms with Crippen molar-refractivity contribution in [1.82, 2.24) is 4.90 Å². The summed E-state index contributed by atoms with van der Waals surface area (Å²) in [5.74, 6) is -1.22. The number of hydrogen-bond donors (Lipinski definition) is 2. The van der Waals surface area contributed by atoms with Crippen molar-refractivity contribution in [1.29, 1.82) is 0 Å². The molecule has 0 radical (unpaired) electrons. The lowest BCUT2D eigenvalue weighted by Gasteiger charge is -2.34. The number of anilines is 1. The van der Waals surface area contributed by atoms with Gasteiger partial charge in [-0.15, -0.1) is 0 Å². The Labute approximate surface area is 156 Å². The van der Waals surface area contributed by atoms with Gasteiger partial charge in [0.05, 0.1) is 0 Å². The molecule has 138 valence electrons. The SMILES string of the molecule is O=C(Nc1ccc(C(=O)N2Cc3ccccc3CC2C(=O)O)cc1)C1CC1. The second-order valence-corrected chi connectivity index (χ2v) is 7.10. The van der Waals surface area contributed by atoms with E-state index in [0.29, 0.717) is 17.7 Å². The molecule has 1 unspecified atom stereocenters. The summed E-state index contributed by atoms with van der Waals surface area (Å²) in [6.45, 7) is 0.270. The number of benzene rings is 2. The van der Waals surface area contributed by atoms with E-state index in [1.165, 1.54) is 4.90 Å². The second-order valence-electron chi connectivity index (χ2n) is 7.10. The van der Waals surface area contributed by atoms with Gasteiger partial charge in [0.25, 0.3) is 5.91 Å². The Morgan fingerprint density at radius 1 is 0.963 bits per heavy atom. The Balaban J connectivity index is 1.53. The third-order valence-electron chi connectivity index (χ3n) is 5.14. The molecule has 6 heteroatoms. The van der Waals surface area contributed by atoms with Gasteiger partial charge in [-0.25, -0.2) is 4.79 Å². The minimum atomic E-state index is -1.01. The highest BCUT2D eigenvalue weighted by atomic mass is 16.4. The second kappa shape index (κ2) is 6.87. The standard InChI is InChI=1S/C21H20N2O4/c24-19(13-5-6-13)22-17-9-7-14(8-10-17)20(25)23-12-16-4-2-1-3-15(16)11-18(23)21(26)27/h1-4,7-10,13,18H,5-6,11-12H2,(H,22,24)(H,26,27). The van der Waals surface area contributed by atoms with Crippen LogP contribution >= 0.6 is 0 Å². The minimum absolute atomic E-state index is 0.00709. The van der Waals surface area contributed by atoms with E-state index in [2.05, 4.69) is 5.32 Å². The van der Waals surface area contributed by atoms with E-state index < -0.39 is 12.0 Å². The van der Waals surface area contributed by atoms with Crippen LogP contribution in [0.1, 0.15) is 34.3 Å². The molecule has 2 amide bonds. The number of nitrogens with zero attached hydrogens (tertiary/aromatic N) is 1. The Hall–Kier alpha value is -3.15. The molecule has 1 aliphatic carbocycles. The molecule has 1 fully saturated rings. The number of amides is 2. The van der Waals surface area contributed by atoms with Crippen molar-refractivity contribution >= 4 is 23.5 Å². The molecule has 2 aliphatic rings. The summed E-state index contributed by atoms with van der Waals surface area (Å²) in [6, 6.07) is 13.3. The van der Waals surface area contributed by atoms with Crippen LogP contribution in [-0.2, 0) is 22.6 Å². The fourth-order valence-electron chi connectivity index (χ4n) is 3.41. The van der Waals surface area contributed by atoms with Gasteiger partial charge in [-0.2, -0.15) is 0 Å². The molecule has 0 bridgehead atoms. The van der Waals surface area contributed by atoms with Crippen LogP contribution in [0.4, 0.5) is 5.69 Å². The number of carboxylic acids is 1. The summed E-state index contributed by atoms with van der Waals surface area (Å²) in [5, 5.41) is 12.4. The van der Waals surface area contributed by atoms with Gasteiger partial charge < -0.3 is 15.3 Å². The van der Waals surface area contributed by atoms with Crippen molar-refractivity contribution < 1.29 is 19.5 Å². The number of nitrogens with one attached hydrogen (secondary N) is 1. The number of carbonyl (C=O) groups excluding carboxylic acids is 2. The molecule has 1 atom stereocenters. The normalized spacial score (nSPS) is 18.5. The highest BCUT2D eigenvalue weighted by Crippen LogP contribution is 2.30. The summed E-state index contributed by atoms with van der Waals surface area (Å²) in [5.41, 5.74) is 2.98. The first kappa shape index (κ1) is 17.3. The lowest BCUT2D eigenvalue weighted by atomic mass is 9.93. The average Bonchev–Trinajstić information content (AvgIpc) is 3.52. The van der Waals surface area contributed by atoms with Crippen LogP contribution < -0.4 is 5.32 Å². The van der Waals surface area contributed by atoms with Crippen LogP contribution in [-0.4, -0.2) is 33.8 Å². The molecular weight excluding hydrogens is 344 g/mol. The summed E-state index contributed by atoms with van der Waals surface area (Å²) < 4.78 is 0. The van der Waals surface area contributed by atoms with Crippen LogP contribution in [0, 0.1) is 5.92 Å². The average molecular weight is 364 g/mol. The predicted molar refractivity (Wildman–Crippen MR) is 99.2 cm³/mol. The van der Waals surface area contributed by atoms with Crippen LogP contribution in [0.3, 0.4) is 0 Å². The molecular formula is C21H20N2O4. The molecule has 1 heterocycles. The van der Waals surface area contributed by atoms with Gasteiger partial charge in [-0.3, -0.25) is 9.59 Å². The number of fused-ring (bicyclic) bond motifs is 1. The molecule has 1 aliphatic heterocycles. The lowest BCUT2D eigenvalue weighted by molar-refractivity contribution is -0.142. The molecule has 27 heavy (non-hydrogen) atoms. The fourth-order valence-corrected chi connectivity index (χ4v) is 3.41. The van der Waals surface area contributed by atoms with Crippen LogP contribution in [0.5, 0.6) is 0 Å². The summed E-state index contributed by atoms with van der Waals surface area (Å²) >= 11 is 0.